The first-order chi connectivity index (χ1) is 15.2. The van der Waals surface area contributed by atoms with Crippen LogP contribution in [0.25, 0.3) is 32.6 Å². The van der Waals surface area contributed by atoms with Crippen LogP contribution in [-0.4, -0.2) is 9.97 Å². The van der Waals surface area contributed by atoms with E-state index in [4.69, 9.17) is 0 Å². The molecule has 2 heteroatoms. The van der Waals surface area contributed by atoms with E-state index in [2.05, 4.69) is 115 Å². The highest BCUT2D eigenvalue weighted by Gasteiger charge is 2.28. The highest BCUT2D eigenvalue weighted by atomic mass is 14.7. The lowest BCUT2D eigenvalue weighted by Gasteiger charge is -2.22. The summed E-state index contributed by atoms with van der Waals surface area (Å²) in [7, 11) is 0. The standard InChI is InChI=1S/C29H24N2/c1-18-27(23-13-5-7-16-25(23)30-18)29(22-15-9-11-20-10-3-4-12-21(20)22)28-19(2)31-26-17-8-6-14-24(26)28/h3-17,29-31H,1-2H3. The lowest BCUT2D eigenvalue weighted by Crippen LogP contribution is -2.06. The minimum Gasteiger partial charge on any atom is -0.358 e. The van der Waals surface area contributed by atoms with Crippen LogP contribution in [0, 0.1) is 13.8 Å². The van der Waals surface area contributed by atoms with Crippen LogP contribution in [-0.2, 0) is 0 Å². The van der Waals surface area contributed by atoms with Crippen molar-refractivity contribution in [1.29, 1.82) is 0 Å². The average molecular weight is 401 g/mol. The van der Waals surface area contributed by atoms with Gasteiger partial charge in [-0.05, 0) is 53.4 Å². The lowest BCUT2D eigenvalue weighted by molar-refractivity contribution is 0.972. The number of rotatable bonds is 3. The molecule has 0 aliphatic heterocycles. The fraction of sp³-hybridized carbons (Fsp3) is 0.103. The van der Waals surface area contributed by atoms with E-state index < -0.39 is 0 Å². The molecule has 6 rings (SSSR count). The molecule has 0 aliphatic carbocycles. The maximum atomic E-state index is 3.64. The van der Waals surface area contributed by atoms with Gasteiger partial charge in [-0.1, -0.05) is 78.9 Å². The summed E-state index contributed by atoms with van der Waals surface area (Å²) in [5.74, 6) is 0.124. The Balaban J connectivity index is 1.77. The second-order valence-corrected chi connectivity index (χ2v) is 8.42. The Hall–Kier alpha value is -3.78. The van der Waals surface area contributed by atoms with Gasteiger partial charge in [0.2, 0.25) is 0 Å². The number of aryl methyl sites for hydroxylation is 2. The molecule has 0 aliphatic rings. The smallest absolute Gasteiger partial charge is 0.0459 e. The van der Waals surface area contributed by atoms with Crippen LogP contribution in [0.15, 0.2) is 91.0 Å². The lowest BCUT2D eigenvalue weighted by atomic mass is 9.80. The van der Waals surface area contributed by atoms with Crippen LogP contribution >= 0.6 is 0 Å². The van der Waals surface area contributed by atoms with E-state index in [1.807, 2.05) is 0 Å². The molecule has 2 heterocycles. The third kappa shape index (κ3) is 2.72. The second-order valence-electron chi connectivity index (χ2n) is 8.42. The molecule has 0 atom stereocenters. The van der Waals surface area contributed by atoms with E-state index in [9.17, 15) is 0 Å². The Morgan fingerprint density at radius 3 is 1.61 bits per heavy atom. The highest BCUT2D eigenvalue weighted by molar-refractivity contribution is 5.94. The average Bonchev–Trinajstić information content (AvgIpc) is 3.30. The van der Waals surface area contributed by atoms with Gasteiger partial charge >= 0.3 is 0 Å². The zero-order valence-electron chi connectivity index (χ0n) is 17.7. The van der Waals surface area contributed by atoms with Crippen molar-refractivity contribution >= 4 is 32.6 Å². The van der Waals surface area contributed by atoms with Gasteiger partial charge in [0.15, 0.2) is 0 Å². The molecule has 0 unspecified atom stereocenters. The summed E-state index contributed by atoms with van der Waals surface area (Å²) in [6.45, 7) is 4.41. The molecule has 0 saturated carbocycles. The van der Waals surface area contributed by atoms with Gasteiger partial charge in [-0.25, -0.2) is 0 Å². The van der Waals surface area contributed by atoms with Crippen molar-refractivity contribution in [2.24, 2.45) is 0 Å². The van der Waals surface area contributed by atoms with Crippen molar-refractivity contribution in [3.8, 4) is 0 Å². The van der Waals surface area contributed by atoms with Crippen LogP contribution in [0.5, 0.6) is 0 Å². The quantitative estimate of drug-likeness (QED) is 0.306. The normalized spacial score (nSPS) is 11.8. The van der Waals surface area contributed by atoms with Crippen molar-refractivity contribution in [2.75, 3.05) is 0 Å². The molecular formula is C29H24N2. The molecule has 2 N–H and O–H groups in total. The SMILES string of the molecule is Cc1[nH]c2ccccc2c1C(c1cccc2ccccc12)c1c(C)[nH]c2ccccc12. The first-order valence-corrected chi connectivity index (χ1v) is 10.8. The van der Waals surface area contributed by atoms with Crippen molar-refractivity contribution in [1.82, 2.24) is 9.97 Å². The van der Waals surface area contributed by atoms with Gasteiger partial charge in [0.1, 0.15) is 0 Å². The molecule has 6 aromatic rings. The van der Waals surface area contributed by atoms with Crippen LogP contribution in [0.3, 0.4) is 0 Å². The fourth-order valence-corrected chi connectivity index (χ4v) is 5.30. The monoisotopic (exact) mass is 400 g/mol. The third-order valence-corrected chi connectivity index (χ3v) is 6.60. The summed E-state index contributed by atoms with van der Waals surface area (Å²) in [4.78, 5) is 7.29. The summed E-state index contributed by atoms with van der Waals surface area (Å²) in [6, 6.07) is 32.8. The molecule has 0 radical (unpaired) electrons. The molecule has 4 aromatic carbocycles. The molecule has 2 nitrogen and oxygen atoms in total. The Labute approximate surface area is 181 Å². The van der Waals surface area contributed by atoms with Gasteiger partial charge in [-0.3, -0.25) is 0 Å². The number of nitrogens with one attached hydrogen (secondary N) is 2. The van der Waals surface area contributed by atoms with Gasteiger partial charge in [-0.15, -0.1) is 0 Å². The van der Waals surface area contributed by atoms with Crippen molar-refractivity contribution in [3.05, 3.63) is 119 Å². The van der Waals surface area contributed by atoms with Crippen molar-refractivity contribution < 1.29 is 0 Å². The number of hydrogen-bond donors (Lipinski definition) is 2. The van der Waals surface area contributed by atoms with Gasteiger partial charge in [0, 0.05) is 39.1 Å². The minimum absolute atomic E-state index is 0.124. The van der Waals surface area contributed by atoms with Crippen LogP contribution in [0.1, 0.15) is 34.0 Å². The number of aromatic amines is 2. The number of para-hydroxylation sites is 2. The number of hydrogen-bond acceptors (Lipinski definition) is 0. The summed E-state index contributed by atoms with van der Waals surface area (Å²) in [6.07, 6.45) is 0. The van der Waals surface area contributed by atoms with E-state index in [0.29, 0.717) is 0 Å². The summed E-state index contributed by atoms with van der Waals surface area (Å²) >= 11 is 0. The Morgan fingerprint density at radius 2 is 1.00 bits per heavy atom. The van der Waals surface area contributed by atoms with Crippen molar-refractivity contribution in [3.63, 3.8) is 0 Å². The zero-order valence-corrected chi connectivity index (χ0v) is 17.7. The topological polar surface area (TPSA) is 31.6 Å². The molecule has 2 aromatic heterocycles. The first kappa shape index (κ1) is 18.0. The number of fused-ring (bicyclic) bond motifs is 3. The summed E-state index contributed by atoms with van der Waals surface area (Å²) in [5, 5.41) is 5.18. The highest BCUT2D eigenvalue weighted by Crippen LogP contribution is 2.44. The fourth-order valence-electron chi connectivity index (χ4n) is 5.30. The predicted octanol–water partition coefficient (Wildman–Crippen LogP) is 7.60. The number of H-pyrrole nitrogens is 2. The Kier molecular flexibility index (Phi) is 4.00. The number of benzene rings is 4. The summed E-state index contributed by atoms with van der Waals surface area (Å²) in [5.41, 5.74) is 8.90. The molecule has 150 valence electrons. The summed E-state index contributed by atoms with van der Waals surface area (Å²) < 4.78 is 0. The first-order valence-electron chi connectivity index (χ1n) is 10.8. The molecule has 0 amide bonds. The van der Waals surface area contributed by atoms with Gasteiger partial charge in [-0.2, -0.15) is 0 Å². The molecule has 0 spiro atoms. The van der Waals surface area contributed by atoms with Crippen LogP contribution < -0.4 is 0 Å². The van der Waals surface area contributed by atoms with E-state index in [0.717, 1.165) is 0 Å². The Bertz CT molecular complexity index is 1480. The number of aromatic nitrogens is 2. The molecule has 0 bridgehead atoms. The van der Waals surface area contributed by atoms with Crippen molar-refractivity contribution in [2.45, 2.75) is 19.8 Å². The molecule has 0 saturated heterocycles. The van der Waals surface area contributed by atoms with E-state index in [1.54, 1.807) is 0 Å². The van der Waals surface area contributed by atoms with E-state index in [-0.39, 0.29) is 5.92 Å². The van der Waals surface area contributed by atoms with E-state index in [1.165, 1.54) is 60.7 Å². The Morgan fingerprint density at radius 1 is 0.516 bits per heavy atom. The van der Waals surface area contributed by atoms with Gasteiger partial charge < -0.3 is 9.97 Å². The molecule has 31 heavy (non-hydrogen) atoms. The minimum atomic E-state index is 0.124. The largest absolute Gasteiger partial charge is 0.358 e. The van der Waals surface area contributed by atoms with E-state index >= 15 is 0 Å². The van der Waals surface area contributed by atoms with Gasteiger partial charge in [0.25, 0.3) is 0 Å². The van der Waals surface area contributed by atoms with Gasteiger partial charge in [0.05, 0.1) is 0 Å². The van der Waals surface area contributed by atoms with Crippen LogP contribution in [0.4, 0.5) is 0 Å². The maximum absolute atomic E-state index is 3.64. The zero-order chi connectivity index (χ0) is 20.9. The predicted molar refractivity (Wildman–Crippen MR) is 131 cm³/mol. The van der Waals surface area contributed by atoms with Crippen LogP contribution in [0.2, 0.25) is 0 Å². The third-order valence-electron chi connectivity index (χ3n) is 6.60. The molecular weight excluding hydrogens is 376 g/mol. The maximum Gasteiger partial charge on any atom is 0.0459 e. The molecule has 0 fully saturated rings. The second kappa shape index (κ2) is 6.88.